The minimum Gasteiger partial charge on any atom is -0.457 e. The number of ether oxygens (including phenoxy) is 1. The molecule has 0 radical (unpaired) electrons. The molecule has 1 amide bonds. The van der Waals surface area contributed by atoms with E-state index in [0.29, 0.717) is 43.2 Å². The van der Waals surface area contributed by atoms with Crippen LogP contribution in [-0.2, 0) is 0 Å². The Labute approximate surface area is 189 Å². The zero-order valence-electron chi connectivity index (χ0n) is 17.7. The highest BCUT2D eigenvalue weighted by Gasteiger charge is 2.23. The first-order valence-electron chi connectivity index (χ1n) is 10.5. The van der Waals surface area contributed by atoms with E-state index in [2.05, 4.69) is 19.9 Å². The van der Waals surface area contributed by atoms with Crippen LogP contribution in [0, 0.1) is 5.82 Å². The van der Waals surface area contributed by atoms with Crippen LogP contribution in [0.5, 0.6) is 11.5 Å². The molecule has 8 nitrogen and oxygen atoms in total. The number of nitrogens with zero attached hydrogens (tertiary/aromatic N) is 6. The molecule has 0 spiro atoms. The maximum atomic E-state index is 13.1. The van der Waals surface area contributed by atoms with Crippen molar-refractivity contribution in [2.45, 2.75) is 0 Å². The van der Waals surface area contributed by atoms with Crippen LogP contribution in [0.1, 0.15) is 10.4 Å². The standard InChI is InChI=1S/C24H21FN6O2/c25-19-4-6-20(7-5-19)33-21-3-1-2-18(14-21)24(32)30-12-10-29(11-13-30)22-15-23(28-16-27-22)31-9-8-26-17-31/h1-9,14-17H,10-13H2. The minimum absolute atomic E-state index is 0.0546. The monoisotopic (exact) mass is 444 g/mol. The Kier molecular flexibility index (Phi) is 5.67. The molecule has 166 valence electrons. The number of carbonyl (C=O) groups excluding carboxylic acids is 1. The minimum atomic E-state index is -0.328. The predicted molar refractivity (Wildman–Crippen MR) is 120 cm³/mol. The maximum absolute atomic E-state index is 13.1. The van der Waals surface area contributed by atoms with E-state index in [-0.39, 0.29) is 11.7 Å². The lowest BCUT2D eigenvalue weighted by atomic mass is 10.1. The summed E-state index contributed by atoms with van der Waals surface area (Å²) in [6, 6.07) is 14.7. The Hall–Kier alpha value is -4.27. The number of rotatable bonds is 5. The van der Waals surface area contributed by atoms with Gasteiger partial charge in [-0.05, 0) is 42.5 Å². The smallest absolute Gasteiger partial charge is 0.254 e. The van der Waals surface area contributed by atoms with Gasteiger partial charge in [-0.25, -0.2) is 19.3 Å². The molecule has 1 aliphatic rings. The van der Waals surface area contributed by atoms with Gasteiger partial charge in [-0.2, -0.15) is 0 Å². The second kappa shape index (κ2) is 9.07. The molecule has 4 aromatic rings. The molecular weight excluding hydrogens is 423 g/mol. The van der Waals surface area contributed by atoms with E-state index >= 15 is 0 Å². The number of benzene rings is 2. The van der Waals surface area contributed by atoms with E-state index in [4.69, 9.17) is 4.74 Å². The first kappa shape index (κ1) is 20.6. The SMILES string of the molecule is O=C(c1cccc(Oc2ccc(F)cc2)c1)N1CCN(c2cc(-n3ccnc3)ncn2)CC1. The van der Waals surface area contributed by atoms with Gasteiger partial charge in [0, 0.05) is 50.2 Å². The van der Waals surface area contributed by atoms with E-state index in [0.717, 1.165) is 11.6 Å². The van der Waals surface area contributed by atoms with E-state index in [9.17, 15) is 9.18 Å². The summed E-state index contributed by atoms with van der Waals surface area (Å²) >= 11 is 0. The number of carbonyl (C=O) groups is 1. The summed E-state index contributed by atoms with van der Waals surface area (Å²) in [4.78, 5) is 29.8. The average Bonchev–Trinajstić information content (AvgIpc) is 3.41. The summed E-state index contributed by atoms with van der Waals surface area (Å²) in [5.41, 5.74) is 0.549. The van der Waals surface area contributed by atoms with Gasteiger partial charge in [0.05, 0.1) is 0 Å². The Morgan fingerprint density at radius 2 is 1.70 bits per heavy atom. The lowest BCUT2D eigenvalue weighted by Gasteiger charge is -2.35. The molecule has 0 saturated carbocycles. The fourth-order valence-electron chi connectivity index (χ4n) is 3.70. The molecule has 0 aliphatic carbocycles. The Morgan fingerprint density at radius 1 is 0.909 bits per heavy atom. The van der Waals surface area contributed by atoms with E-state index in [1.807, 2.05) is 21.7 Å². The third kappa shape index (κ3) is 4.67. The molecule has 1 fully saturated rings. The summed E-state index contributed by atoms with van der Waals surface area (Å²) in [5.74, 6) is 2.21. The van der Waals surface area contributed by atoms with Crippen LogP contribution in [0.4, 0.5) is 10.2 Å². The fraction of sp³-hybridized carbons (Fsp3) is 0.167. The molecule has 5 rings (SSSR count). The number of halogens is 1. The summed E-state index contributed by atoms with van der Waals surface area (Å²) in [5, 5.41) is 0. The Balaban J connectivity index is 1.23. The van der Waals surface area contributed by atoms with Crippen LogP contribution in [-0.4, -0.2) is 56.5 Å². The summed E-state index contributed by atoms with van der Waals surface area (Å²) in [6.45, 7) is 2.48. The molecule has 0 unspecified atom stereocenters. The Morgan fingerprint density at radius 3 is 2.45 bits per heavy atom. The van der Waals surface area contributed by atoms with Gasteiger partial charge in [-0.1, -0.05) is 6.07 Å². The predicted octanol–water partition coefficient (Wildman–Crippen LogP) is 3.56. The van der Waals surface area contributed by atoms with E-state index in [1.54, 1.807) is 48.9 Å². The van der Waals surface area contributed by atoms with Gasteiger partial charge >= 0.3 is 0 Å². The number of anilines is 1. The fourth-order valence-corrected chi connectivity index (χ4v) is 3.70. The van der Waals surface area contributed by atoms with Crippen molar-refractivity contribution in [2.75, 3.05) is 31.1 Å². The highest BCUT2D eigenvalue weighted by molar-refractivity contribution is 5.94. The molecule has 2 aromatic carbocycles. The van der Waals surface area contributed by atoms with Gasteiger partial charge in [-0.15, -0.1) is 0 Å². The van der Waals surface area contributed by atoms with Gasteiger partial charge in [-0.3, -0.25) is 9.36 Å². The first-order chi connectivity index (χ1) is 16.2. The molecular formula is C24H21FN6O2. The number of aromatic nitrogens is 4. The van der Waals surface area contributed by atoms with Crippen LogP contribution < -0.4 is 9.64 Å². The number of imidazole rings is 1. The summed E-state index contributed by atoms with van der Waals surface area (Å²) < 4.78 is 20.7. The van der Waals surface area contributed by atoms with Gasteiger partial charge in [0.25, 0.3) is 5.91 Å². The zero-order valence-corrected chi connectivity index (χ0v) is 17.7. The highest BCUT2D eigenvalue weighted by atomic mass is 19.1. The molecule has 0 N–H and O–H groups in total. The third-order valence-electron chi connectivity index (χ3n) is 5.43. The lowest BCUT2D eigenvalue weighted by Crippen LogP contribution is -2.49. The van der Waals surface area contributed by atoms with Gasteiger partial charge in [0.2, 0.25) is 0 Å². The highest BCUT2D eigenvalue weighted by Crippen LogP contribution is 2.24. The normalized spacial score (nSPS) is 13.7. The van der Waals surface area contributed by atoms with Crippen LogP contribution in [0.3, 0.4) is 0 Å². The van der Waals surface area contributed by atoms with Crippen LogP contribution in [0.15, 0.2) is 79.6 Å². The van der Waals surface area contributed by atoms with E-state index < -0.39 is 0 Å². The van der Waals surface area contributed by atoms with Gasteiger partial charge in [0.1, 0.15) is 41.6 Å². The maximum Gasteiger partial charge on any atom is 0.254 e. The molecule has 1 aliphatic heterocycles. The average molecular weight is 444 g/mol. The summed E-state index contributed by atoms with van der Waals surface area (Å²) in [7, 11) is 0. The molecule has 2 aromatic heterocycles. The number of amides is 1. The number of hydrogen-bond donors (Lipinski definition) is 0. The lowest BCUT2D eigenvalue weighted by molar-refractivity contribution is 0.0746. The van der Waals surface area contributed by atoms with Crippen molar-refractivity contribution in [1.29, 1.82) is 0 Å². The first-order valence-corrected chi connectivity index (χ1v) is 10.5. The molecule has 33 heavy (non-hydrogen) atoms. The van der Waals surface area contributed by atoms with Crippen LogP contribution >= 0.6 is 0 Å². The number of hydrogen-bond acceptors (Lipinski definition) is 6. The van der Waals surface area contributed by atoms with Crippen molar-refractivity contribution < 1.29 is 13.9 Å². The van der Waals surface area contributed by atoms with Crippen molar-refractivity contribution in [3.63, 3.8) is 0 Å². The topological polar surface area (TPSA) is 76.4 Å². The van der Waals surface area contributed by atoms with Crippen molar-refractivity contribution in [3.05, 3.63) is 91.0 Å². The molecule has 1 saturated heterocycles. The molecule has 0 bridgehead atoms. The van der Waals surface area contributed by atoms with Crippen molar-refractivity contribution in [2.24, 2.45) is 0 Å². The van der Waals surface area contributed by atoms with Crippen LogP contribution in [0.2, 0.25) is 0 Å². The van der Waals surface area contributed by atoms with Gasteiger partial charge in [0.15, 0.2) is 0 Å². The van der Waals surface area contributed by atoms with Crippen molar-refractivity contribution >= 4 is 11.7 Å². The molecule has 9 heteroatoms. The Bertz CT molecular complexity index is 1240. The molecule has 3 heterocycles. The second-order valence-corrected chi connectivity index (χ2v) is 7.57. The van der Waals surface area contributed by atoms with Crippen molar-refractivity contribution in [3.8, 4) is 17.3 Å². The zero-order chi connectivity index (χ0) is 22.6. The van der Waals surface area contributed by atoms with Crippen LogP contribution in [0.25, 0.3) is 5.82 Å². The largest absolute Gasteiger partial charge is 0.457 e. The number of piperazine rings is 1. The van der Waals surface area contributed by atoms with Crippen molar-refractivity contribution in [1.82, 2.24) is 24.4 Å². The molecule has 0 atom stereocenters. The third-order valence-corrected chi connectivity index (χ3v) is 5.43. The van der Waals surface area contributed by atoms with Gasteiger partial charge < -0.3 is 14.5 Å². The second-order valence-electron chi connectivity index (χ2n) is 7.57. The quantitative estimate of drug-likeness (QED) is 0.469. The van der Waals surface area contributed by atoms with E-state index in [1.165, 1.54) is 18.5 Å². The summed E-state index contributed by atoms with van der Waals surface area (Å²) in [6.07, 6.45) is 6.76.